The molecule has 0 saturated heterocycles. The van der Waals surface area contributed by atoms with Crippen LogP contribution in [0.3, 0.4) is 0 Å². The molecule has 0 bridgehead atoms. The smallest absolute Gasteiger partial charge is 0.169 e. The number of hydrogen-bond donors (Lipinski definition) is 0. The predicted molar refractivity (Wildman–Crippen MR) is 77.7 cm³/mol. The predicted octanol–water partition coefficient (Wildman–Crippen LogP) is 4.48. The van der Waals surface area contributed by atoms with Crippen molar-refractivity contribution in [1.29, 1.82) is 0 Å². The van der Waals surface area contributed by atoms with Crippen LogP contribution in [-0.2, 0) is 0 Å². The number of ketones is 1. The molecule has 1 aliphatic carbocycles. The summed E-state index contributed by atoms with van der Waals surface area (Å²) in [5.74, 6) is 1.65. The van der Waals surface area contributed by atoms with Gasteiger partial charge in [-0.25, -0.2) is 0 Å². The molecule has 1 aliphatic rings. The molecule has 1 saturated carbocycles. The third kappa shape index (κ3) is 2.99. The Morgan fingerprint density at radius 3 is 2.58 bits per heavy atom. The summed E-state index contributed by atoms with van der Waals surface area (Å²) in [5.41, 5.74) is 0.683. The van der Waals surface area contributed by atoms with Crippen molar-refractivity contribution in [2.24, 2.45) is 11.3 Å². The summed E-state index contributed by atoms with van der Waals surface area (Å²) in [4.78, 5) is 12.9. The molecule has 1 aromatic carbocycles. The Morgan fingerprint density at radius 2 is 2.00 bits per heavy atom. The molecule has 0 aromatic heterocycles. The van der Waals surface area contributed by atoms with Crippen LogP contribution in [0.5, 0.6) is 5.75 Å². The van der Waals surface area contributed by atoms with E-state index in [0.29, 0.717) is 11.7 Å². The minimum Gasteiger partial charge on any atom is -0.497 e. The van der Waals surface area contributed by atoms with E-state index in [1.165, 1.54) is 12.8 Å². The van der Waals surface area contributed by atoms with Gasteiger partial charge in [-0.05, 0) is 37.3 Å². The lowest BCUT2D eigenvalue weighted by Crippen LogP contribution is -2.29. The number of carbonyl (C=O) groups is 1. The minimum absolute atomic E-state index is 0.124. The molecule has 0 amide bonds. The lowest BCUT2D eigenvalue weighted by molar-refractivity contribution is 0.0759. The van der Waals surface area contributed by atoms with E-state index >= 15 is 0 Å². The Hall–Kier alpha value is -1.31. The molecule has 1 aromatic rings. The van der Waals surface area contributed by atoms with Gasteiger partial charge in [0.05, 0.1) is 7.11 Å². The maximum Gasteiger partial charge on any atom is 0.169 e. The van der Waals surface area contributed by atoms with Gasteiger partial charge in [0.2, 0.25) is 0 Å². The van der Waals surface area contributed by atoms with E-state index in [1.807, 2.05) is 24.3 Å². The van der Waals surface area contributed by atoms with Gasteiger partial charge in [0, 0.05) is 11.0 Å². The van der Waals surface area contributed by atoms with Gasteiger partial charge in [-0.3, -0.25) is 4.79 Å². The second-order valence-electron chi connectivity index (χ2n) is 6.15. The Morgan fingerprint density at radius 1 is 1.32 bits per heavy atom. The summed E-state index contributed by atoms with van der Waals surface area (Å²) in [5, 5.41) is 0. The highest BCUT2D eigenvalue weighted by atomic mass is 16.5. The van der Waals surface area contributed by atoms with Gasteiger partial charge in [0.15, 0.2) is 5.78 Å². The minimum atomic E-state index is -0.124. The van der Waals surface area contributed by atoms with Crippen LogP contribution in [-0.4, -0.2) is 12.9 Å². The lowest BCUT2D eigenvalue weighted by Gasteiger charge is -2.29. The Kier molecular flexibility index (Phi) is 4.28. The first-order valence-corrected chi connectivity index (χ1v) is 7.26. The molecule has 1 fully saturated rings. The first-order valence-electron chi connectivity index (χ1n) is 7.26. The summed E-state index contributed by atoms with van der Waals surface area (Å²) < 4.78 is 5.23. The topological polar surface area (TPSA) is 26.3 Å². The lowest BCUT2D eigenvalue weighted by atomic mass is 9.73. The van der Waals surface area contributed by atoms with Crippen LogP contribution in [0.15, 0.2) is 24.3 Å². The van der Waals surface area contributed by atoms with Crippen LogP contribution in [0, 0.1) is 11.3 Å². The zero-order valence-corrected chi connectivity index (χ0v) is 12.2. The molecule has 0 heterocycles. The fourth-order valence-corrected chi connectivity index (χ4v) is 3.43. The van der Waals surface area contributed by atoms with E-state index in [9.17, 15) is 4.79 Å². The molecule has 0 atom stereocenters. The number of ether oxygens (including phenoxy) is 1. The van der Waals surface area contributed by atoms with E-state index in [0.717, 1.165) is 30.6 Å². The number of Topliss-reactive ketones (excluding diaryl/α,β-unsaturated/α-hetero) is 1. The fraction of sp³-hybridized carbons (Fsp3) is 0.588. The van der Waals surface area contributed by atoms with Crippen LogP contribution >= 0.6 is 0 Å². The molecule has 2 heteroatoms. The molecule has 0 unspecified atom stereocenters. The van der Waals surface area contributed by atoms with Crippen LogP contribution in [0.2, 0.25) is 0 Å². The summed E-state index contributed by atoms with van der Waals surface area (Å²) in [6.45, 7) is 4.41. The van der Waals surface area contributed by atoms with Crippen molar-refractivity contribution in [1.82, 2.24) is 0 Å². The molecular formula is C17H24O2. The third-order valence-electron chi connectivity index (χ3n) is 4.17. The normalized spacial score (nSPS) is 17.7. The SMILES string of the molecule is COc1cccc(C(=O)C2(CC(C)C)CCCC2)c1. The number of hydrogen-bond acceptors (Lipinski definition) is 2. The van der Waals surface area contributed by atoms with Crippen molar-refractivity contribution in [2.75, 3.05) is 7.11 Å². The first-order chi connectivity index (χ1) is 9.07. The quantitative estimate of drug-likeness (QED) is 0.729. The Bertz CT molecular complexity index is 442. The van der Waals surface area contributed by atoms with Gasteiger partial charge in [-0.2, -0.15) is 0 Å². The molecular weight excluding hydrogens is 236 g/mol. The Labute approximate surface area is 116 Å². The highest BCUT2D eigenvalue weighted by molar-refractivity contribution is 6.01. The molecule has 2 nitrogen and oxygen atoms in total. The van der Waals surface area contributed by atoms with Crippen molar-refractivity contribution in [3.8, 4) is 5.75 Å². The number of rotatable bonds is 5. The zero-order chi connectivity index (χ0) is 13.9. The number of methoxy groups -OCH3 is 1. The average Bonchev–Trinajstić information content (AvgIpc) is 2.86. The van der Waals surface area contributed by atoms with Crippen molar-refractivity contribution in [3.05, 3.63) is 29.8 Å². The van der Waals surface area contributed by atoms with Crippen molar-refractivity contribution in [3.63, 3.8) is 0 Å². The van der Waals surface area contributed by atoms with Gasteiger partial charge < -0.3 is 4.74 Å². The molecule has 19 heavy (non-hydrogen) atoms. The van der Waals surface area contributed by atoms with Crippen molar-refractivity contribution in [2.45, 2.75) is 46.0 Å². The van der Waals surface area contributed by atoms with E-state index < -0.39 is 0 Å². The summed E-state index contributed by atoms with van der Waals surface area (Å²) >= 11 is 0. The average molecular weight is 260 g/mol. The molecule has 2 rings (SSSR count). The summed E-state index contributed by atoms with van der Waals surface area (Å²) in [6, 6.07) is 7.60. The third-order valence-corrected chi connectivity index (χ3v) is 4.17. The van der Waals surface area contributed by atoms with Gasteiger partial charge in [0.25, 0.3) is 0 Å². The molecule has 0 spiro atoms. The number of benzene rings is 1. The first kappa shape index (κ1) is 14.1. The van der Waals surface area contributed by atoms with Crippen LogP contribution in [0.1, 0.15) is 56.3 Å². The highest BCUT2D eigenvalue weighted by Crippen LogP contribution is 2.45. The summed E-state index contributed by atoms with van der Waals surface area (Å²) in [6.07, 6.45) is 5.45. The molecule has 0 radical (unpaired) electrons. The monoisotopic (exact) mass is 260 g/mol. The molecule has 0 aliphatic heterocycles. The van der Waals surface area contributed by atoms with Gasteiger partial charge >= 0.3 is 0 Å². The number of carbonyl (C=O) groups excluding carboxylic acids is 1. The van der Waals surface area contributed by atoms with Crippen molar-refractivity contribution >= 4 is 5.78 Å². The standard InChI is InChI=1S/C17H24O2/c1-13(2)12-17(9-4-5-10-17)16(18)14-7-6-8-15(11-14)19-3/h6-8,11,13H,4-5,9-10,12H2,1-3H3. The van der Waals surface area contributed by atoms with Gasteiger partial charge in [-0.1, -0.05) is 38.8 Å². The molecule has 104 valence electrons. The largest absolute Gasteiger partial charge is 0.497 e. The molecule has 0 N–H and O–H groups in total. The highest BCUT2D eigenvalue weighted by Gasteiger charge is 2.41. The Balaban J connectivity index is 2.28. The fourth-order valence-electron chi connectivity index (χ4n) is 3.43. The van der Waals surface area contributed by atoms with Crippen molar-refractivity contribution < 1.29 is 9.53 Å². The second-order valence-corrected chi connectivity index (χ2v) is 6.15. The van der Waals surface area contributed by atoms with Crippen LogP contribution in [0.25, 0.3) is 0 Å². The van der Waals surface area contributed by atoms with E-state index in [4.69, 9.17) is 4.74 Å². The van der Waals surface area contributed by atoms with Gasteiger partial charge in [0.1, 0.15) is 5.75 Å². The second kappa shape index (κ2) is 5.77. The van der Waals surface area contributed by atoms with E-state index in [-0.39, 0.29) is 5.41 Å². The zero-order valence-electron chi connectivity index (χ0n) is 12.2. The van der Waals surface area contributed by atoms with Gasteiger partial charge in [-0.15, -0.1) is 0 Å². The maximum absolute atomic E-state index is 12.9. The van der Waals surface area contributed by atoms with E-state index in [1.54, 1.807) is 7.11 Å². The summed E-state index contributed by atoms with van der Waals surface area (Å²) in [7, 11) is 1.64. The van der Waals surface area contributed by atoms with Crippen LogP contribution < -0.4 is 4.74 Å². The van der Waals surface area contributed by atoms with Crippen LogP contribution in [0.4, 0.5) is 0 Å². The maximum atomic E-state index is 12.9. The van der Waals surface area contributed by atoms with E-state index in [2.05, 4.69) is 13.8 Å².